The fraction of sp³-hybridized carbons (Fsp3) is 0.158. The van der Waals surface area contributed by atoms with E-state index in [4.69, 9.17) is 14.0 Å². The highest BCUT2D eigenvalue weighted by molar-refractivity contribution is 6.00. The zero-order valence-electron chi connectivity index (χ0n) is 14.9. The number of aromatic nitrogens is 2. The fourth-order valence-electron chi connectivity index (χ4n) is 2.73. The Morgan fingerprint density at radius 2 is 2.07 bits per heavy atom. The van der Waals surface area contributed by atoms with Crippen LogP contribution < -0.4 is 20.1 Å². The van der Waals surface area contributed by atoms with E-state index in [1.165, 1.54) is 0 Å². The molecule has 0 aliphatic carbocycles. The van der Waals surface area contributed by atoms with E-state index in [9.17, 15) is 9.59 Å². The van der Waals surface area contributed by atoms with Gasteiger partial charge in [-0.25, -0.2) is 0 Å². The minimum atomic E-state index is -0.348. The lowest BCUT2D eigenvalue weighted by atomic mass is 10.2. The molecule has 3 aromatic rings. The van der Waals surface area contributed by atoms with E-state index >= 15 is 0 Å². The highest BCUT2D eigenvalue weighted by Crippen LogP contribution is 2.35. The van der Waals surface area contributed by atoms with Gasteiger partial charge in [0.25, 0.3) is 5.91 Å². The summed E-state index contributed by atoms with van der Waals surface area (Å²) in [5, 5.41) is 9.33. The van der Waals surface area contributed by atoms with Gasteiger partial charge < -0.3 is 24.6 Å². The van der Waals surface area contributed by atoms with Gasteiger partial charge in [-0.3, -0.25) is 9.59 Å². The second kappa shape index (κ2) is 7.39. The Balaban J connectivity index is 1.44. The van der Waals surface area contributed by atoms with Gasteiger partial charge in [0.1, 0.15) is 12.2 Å². The quantitative estimate of drug-likeness (QED) is 0.697. The lowest BCUT2D eigenvalue weighted by Crippen LogP contribution is -2.26. The molecule has 1 aromatic heterocycles. The number of nitrogens with zero attached hydrogens (tertiary/aromatic N) is 2. The molecule has 0 fully saturated rings. The zero-order chi connectivity index (χ0) is 19.5. The summed E-state index contributed by atoms with van der Waals surface area (Å²) < 4.78 is 15.7. The van der Waals surface area contributed by atoms with Gasteiger partial charge in [0.05, 0.1) is 18.5 Å². The van der Waals surface area contributed by atoms with Crippen LogP contribution in [0, 0.1) is 0 Å². The van der Waals surface area contributed by atoms with Gasteiger partial charge >= 0.3 is 0 Å². The summed E-state index contributed by atoms with van der Waals surface area (Å²) in [5.41, 5.74) is 1.71. The Bertz CT molecular complexity index is 1030. The highest BCUT2D eigenvalue weighted by atomic mass is 16.5. The van der Waals surface area contributed by atoms with Crippen LogP contribution in [0.1, 0.15) is 5.89 Å². The van der Waals surface area contributed by atoms with Crippen LogP contribution in [0.2, 0.25) is 0 Å². The molecular weight excluding hydrogens is 364 g/mol. The molecule has 0 saturated heterocycles. The Morgan fingerprint density at radius 3 is 2.86 bits per heavy atom. The first-order chi connectivity index (χ1) is 13.6. The van der Waals surface area contributed by atoms with E-state index < -0.39 is 0 Å². The van der Waals surface area contributed by atoms with E-state index in [-0.39, 0.29) is 30.7 Å². The molecule has 9 nitrogen and oxygen atoms in total. The smallest absolute Gasteiger partial charge is 0.262 e. The number of hydrogen-bond acceptors (Lipinski definition) is 7. The number of carbonyl (C=O) groups excluding carboxylic acids is 2. The average Bonchev–Trinajstić information content (AvgIpc) is 3.16. The molecule has 0 spiro atoms. The van der Waals surface area contributed by atoms with Crippen LogP contribution >= 0.6 is 0 Å². The summed E-state index contributed by atoms with van der Waals surface area (Å²) in [4.78, 5) is 28.0. The number of amides is 2. The molecular formula is C19H16N4O5. The molecule has 2 N–H and O–H groups in total. The maximum Gasteiger partial charge on any atom is 0.262 e. The van der Waals surface area contributed by atoms with Crippen LogP contribution in [-0.4, -0.2) is 35.7 Å². The number of anilines is 2. The van der Waals surface area contributed by atoms with Gasteiger partial charge in [-0.2, -0.15) is 4.98 Å². The number of para-hydroxylation sites is 1. The van der Waals surface area contributed by atoms with Crippen LogP contribution in [-0.2, 0) is 16.0 Å². The monoisotopic (exact) mass is 380 g/mol. The molecule has 2 heterocycles. The summed E-state index contributed by atoms with van der Waals surface area (Å²) >= 11 is 0. The van der Waals surface area contributed by atoms with E-state index in [1.54, 1.807) is 49.6 Å². The van der Waals surface area contributed by atoms with Crippen molar-refractivity contribution < 1.29 is 23.6 Å². The average molecular weight is 380 g/mol. The van der Waals surface area contributed by atoms with E-state index in [1.807, 2.05) is 0 Å². The van der Waals surface area contributed by atoms with Gasteiger partial charge in [0.15, 0.2) is 12.4 Å². The minimum Gasteiger partial charge on any atom is -0.497 e. The largest absolute Gasteiger partial charge is 0.497 e. The second-order valence-corrected chi connectivity index (χ2v) is 5.98. The number of nitrogens with one attached hydrogen (secondary N) is 2. The molecule has 28 heavy (non-hydrogen) atoms. The number of ether oxygens (including phenoxy) is 2. The number of fused-ring (bicyclic) bond motifs is 1. The zero-order valence-corrected chi connectivity index (χ0v) is 14.9. The van der Waals surface area contributed by atoms with Crippen molar-refractivity contribution in [2.45, 2.75) is 6.42 Å². The first-order valence-corrected chi connectivity index (χ1v) is 8.45. The molecule has 4 rings (SSSR count). The Labute approximate surface area is 159 Å². The third-order valence-corrected chi connectivity index (χ3v) is 4.04. The maximum absolute atomic E-state index is 12.4. The van der Waals surface area contributed by atoms with Gasteiger partial charge in [0.2, 0.25) is 17.6 Å². The summed E-state index contributed by atoms with van der Waals surface area (Å²) in [6.07, 6.45) is -0.0980. The van der Waals surface area contributed by atoms with Crippen molar-refractivity contribution in [2.24, 2.45) is 0 Å². The normalized spacial score (nSPS) is 12.5. The standard InChI is InChI=1S/C19H16N4O5/c1-26-12-7-5-11(6-8-12)19-22-17(28-23-19)9-15(24)20-13-3-2-4-14-18(13)27-10-16(25)21-14/h2-8H,9-10H2,1H3,(H,20,24)(H,21,25). The van der Waals surface area contributed by atoms with Crippen molar-refractivity contribution in [3.05, 3.63) is 48.4 Å². The molecule has 0 radical (unpaired) electrons. The Kier molecular flexibility index (Phi) is 4.63. The third-order valence-electron chi connectivity index (χ3n) is 4.04. The number of methoxy groups -OCH3 is 1. The summed E-state index contributed by atoms with van der Waals surface area (Å²) in [7, 11) is 1.59. The molecule has 2 amide bonds. The number of hydrogen-bond donors (Lipinski definition) is 2. The Hall–Kier alpha value is -3.88. The van der Waals surface area contributed by atoms with Crippen LogP contribution in [0.3, 0.4) is 0 Å². The van der Waals surface area contributed by atoms with Crippen LogP contribution in [0.4, 0.5) is 11.4 Å². The van der Waals surface area contributed by atoms with Crippen LogP contribution in [0.25, 0.3) is 11.4 Å². The Morgan fingerprint density at radius 1 is 1.25 bits per heavy atom. The van der Waals surface area contributed by atoms with Gasteiger partial charge in [-0.05, 0) is 36.4 Å². The molecule has 0 saturated carbocycles. The second-order valence-electron chi connectivity index (χ2n) is 5.98. The SMILES string of the molecule is COc1ccc(-c2noc(CC(=O)Nc3cccc4c3OCC(=O)N4)n2)cc1. The van der Waals surface area contributed by atoms with Crippen LogP contribution in [0.15, 0.2) is 47.0 Å². The number of carbonyl (C=O) groups is 2. The molecule has 1 aliphatic heterocycles. The van der Waals surface area contributed by atoms with Crippen molar-refractivity contribution in [2.75, 3.05) is 24.4 Å². The summed E-state index contributed by atoms with van der Waals surface area (Å²) in [6.45, 7) is -0.102. The van der Waals surface area contributed by atoms with E-state index in [0.717, 1.165) is 11.3 Å². The van der Waals surface area contributed by atoms with Gasteiger partial charge in [-0.15, -0.1) is 0 Å². The van der Waals surface area contributed by atoms with Crippen molar-refractivity contribution in [3.63, 3.8) is 0 Å². The molecule has 0 bridgehead atoms. The topological polar surface area (TPSA) is 116 Å². The summed E-state index contributed by atoms with van der Waals surface area (Å²) in [6, 6.07) is 12.3. The number of rotatable bonds is 5. The lowest BCUT2D eigenvalue weighted by Gasteiger charge is -2.20. The first kappa shape index (κ1) is 17.5. The summed E-state index contributed by atoms with van der Waals surface area (Å²) in [5.74, 6) is 1.11. The molecule has 0 unspecified atom stereocenters. The van der Waals surface area contributed by atoms with E-state index in [0.29, 0.717) is 22.9 Å². The molecule has 142 valence electrons. The van der Waals surface area contributed by atoms with Gasteiger partial charge in [-0.1, -0.05) is 11.2 Å². The number of benzene rings is 2. The first-order valence-electron chi connectivity index (χ1n) is 8.45. The molecule has 0 atom stereocenters. The van der Waals surface area contributed by atoms with Crippen molar-refractivity contribution in [1.82, 2.24) is 10.1 Å². The highest BCUT2D eigenvalue weighted by Gasteiger charge is 2.21. The fourth-order valence-corrected chi connectivity index (χ4v) is 2.73. The minimum absolute atomic E-state index is 0.0980. The predicted molar refractivity (Wildman–Crippen MR) is 99.2 cm³/mol. The molecule has 2 aromatic carbocycles. The molecule has 9 heteroatoms. The molecule has 1 aliphatic rings. The maximum atomic E-state index is 12.4. The van der Waals surface area contributed by atoms with Crippen LogP contribution in [0.5, 0.6) is 11.5 Å². The van der Waals surface area contributed by atoms with Crippen molar-refractivity contribution in [1.29, 1.82) is 0 Å². The third kappa shape index (κ3) is 3.63. The lowest BCUT2D eigenvalue weighted by molar-refractivity contribution is -0.118. The van der Waals surface area contributed by atoms with Gasteiger partial charge in [0, 0.05) is 5.56 Å². The van der Waals surface area contributed by atoms with E-state index in [2.05, 4.69) is 20.8 Å². The van der Waals surface area contributed by atoms with Crippen molar-refractivity contribution in [3.8, 4) is 22.9 Å². The van der Waals surface area contributed by atoms with Crippen molar-refractivity contribution >= 4 is 23.2 Å². The predicted octanol–water partition coefficient (Wildman–Crippen LogP) is 2.26.